The summed E-state index contributed by atoms with van der Waals surface area (Å²) in [5.41, 5.74) is 1.30. The maximum atomic E-state index is 6.47. The van der Waals surface area contributed by atoms with E-state index in [-0.39, 0.29) is 5.38 Å². The van der Waals surface area contributed by atoms with E-state index in [1.165, 1.54) is 15.3 Å². The molecule has 2 rings (SSSR count). The van der Waals surface area contributed by atoms with Gasteiger partial charge in [0.05, 0.1) is 12.5 Å². The summed E-state index contributed by atoms with van der Waals surface area (Å²) in [7, 11) is 1.69. The molecule has 0 saturated heterocycles. The first-order chi connectivity index (χ1) is 9.22. The molecule has 102 valence electrons. The number of benzene rings is 1. The van der Waals surface area contributed by atoms with E-state index in [2.05, 4.69) is 31.2 Å². The molecule has 0 bridgehead atoms. The summed E-state index contributed by atoms with van der Waals surface area (Å²) in [6, 6.07) is 12.6. The van der Waals surface area contributed by atoms with Gasteiger partial charge in [0.15, 0.2) is 0 Å². The van der Waals surface area contributed by atoms with Gasteiger partial charge < -0.3 is 4.74 Å². The molecule has 3 heteroatoms. The van der Waals surface area contributed by atoms with Gasteiger partial charge in [-0.3, -0.25) is 0 Å². The second kappa shape index (κ2) is 6.97. The summed E-state index contributed by atoms with van der Waals surface area (Å²) in [6.45, 7) is 2.18. The minimum atomic E-state index is 0.118. The maximum Gasteiger partial charge on any atom is 0.118 e. The Morgan fingerprint density at radius 3 is 2.47 bits per heavy atom. The van der Waals surface area contributed by atoms with Gasteiger partial charge in [0, 0.05) is 9.75 Å². The number of rotatable bonds is 6. The van der Waals surface area contributed by atoms with Crippen molar-refractivity contribution in [3.05, 3.63) is 51.7 Å². The first kappa shape index (κ1) is 14.4. The number of halogens is 1. The summed E-state index contributed by atoms with van der Waals surface area (Å²) in [5.74, 6) is 0.900. The lowest BCUT2D eigenvalue weighted by molar-refractivity contribution is 0.414. The van der Waals surface area contributed by atoms with E-state index in [0.717, 1.165) is 25.0 Å². The molecular formula is C16H19ClOS. The lowest BCUT2D eigenvalue weighted by atomic mass is 10.1. The molecule has 0 N–H and O–H groups in total. The molecule has 0 spiro atoms. The van der Waals surface area contributed by atoms with Crippen molar-refractivity contribution in [2.75, 3.05) is 7.11 Å². The second-order valence-corrected chi connectivity index (χ2v) is 6.24. The van der Waals surface area contributed by atoms with Crippen LogP contribution < -0.4 is 4.74 Å². The third kappa shape index (κ3) is 3.99. The lowest BCUT2D eigenvalue weighted by Gasteiger charge is -2.08. The van der Waals surface area contributed by atoms with Crippen LogP contribution in [0.3, 0.4) is 0 Å². The molecule has 0 fully saturated rings. The highest BCUT2D eigenvalue weighted by molar-refractivity contribution is 7.12. The summed E-state index contributed by atoms with van der Waals surface area (Å²) in [6.07, 6.45) is 3.06. The minimum absolute atomic E-state index is 0.118. The van der Waals surface area contributed by atoms with Gasteiger partial charge in [0.25, 0.3) is 0 Å². The summed E-state index contributed by atoms with van der Waals surface area (Å²) >= 11 is 8.30. The molecular weight excluding hydrogens is 276 g/mol. The van der Waals surface area contributed by atoms with Gasteiger partial charge in [0.2, 0.25) is 0 Å². The molecule has 0 aliphatic carbocycles. The van der Waals surface area contributed by atoms with Crippen LogP contribution in [0.1, 0.15) is 34.0 Å². The fourth-order valence-electron chi connectivity index (χ4n) is 1.98. The van der Waals surface area contributed by atoms with Gasteiger partial charge in [0.1, 0.15) is 5.75 Å². The Hall–Kier alpha value is -0.990. The Morgan fingerprint density at radius 2 is 1.89 bits per heavy atom. The van der Waals surface area contributed by atoms with E-state index in [1.807, 2.05) is 23.5 Å². The van der Waals surface area contributed by atoms with Crippen LogP contribution in [-0.2, 0) is 12.8 Å². The van der Waals surface area contributed by atoms with E-state index in [9.17, 15) is 0 Å². The average molecular weight is 295 g/mol. The van der Waals surface area contributed by atoms with Crippen LogP contribution >= 0.6 is 22.9 Å². The Morgan fingerprint density at radius 1 is 1.16 bits per heavy atom. The Bertz CT molecular complexity index is 504. The van der Waals surface area contributed by atoms with Crippen LogP contribution in [0.5, 0.6) is 5.75 Å². The molecule has 1 atom stereocenters. The Balaban J connectivity index is 1.90. The SMILES string of the molecule is CCc1ccc(C(Cl)CCc2ccc(OC)cc2)s1. The maximum absolute atomic E-state index is 6.47. The van der Waals surface area contributed by atoms with Gasteiger partial charge in [-0.05, 0) is 49.1 Å². The molecule has 1 aromatic carbocycles. The van der Waals surface area contributed by atoms with Gasteiger partial charge >= 0.3 is 0 Å². The Labute approximate surface area is 124 Å². The number of ether oxygens (including phenoxy) is 1. The summed E-state index contributed by atoms with van der Waals surface area (Å²) < 4.78 is 5.15. The molecule has 1 aromatic heterocycles. The fourth-order valence-corrected chi connectivity index (χ4v) is 3.26. The predicted octanol–water partition coefficient (Wildman–Crippen LogP) is 5.23. The van der Waals surface area contributed by atoms with Crippen LogP contribution in [0.25, 0.3) is 0 Å². The fraction of sp³-hybridized carbons (Fsp3) is 0.375. The molecule has 1 heterocycles. The standard InChI is InChI=1S/C16H19ClOS/c1-3-14-9-11-16(19-14)15(17)10-6-12-4-7-13(18-2)8-5-12/h4-5,7-9,11,15H,3,6,10H2,1-2H3. The number of hydrogen-bond donors (Lipinski definition) is 0. The second-order valence-electron chi connectivity index (χ2n) is 4.51. The number of hydrogen-bond acceptors (Lipinski definition) is 2. The summed E-state index contributed by atoms with van der Waals surface area (Å²) in [5, 5.41) is 0.118. The van der Waals surface area contributed by atoms with E-state index in [1.54, 1.807) is 7.11 Å². The van der Waals surface area contributed by atoms with Gasteiger partial charge in [-0.1, -0.05) is 19.1 Å². The number of methoxy groups -OCH3 is 1. The highest BCUT2D eigenvalue weighted by Crippen LogP contribution is 2.32. The van der Waals surface area contributed by atoms with Crippen molar-refractivity contribution < 1.29 is 4.74 Å². The highest BCUT2D eigenvalue weighted by atomic mass is 35.5. The molecule has 1 unspecified atom stereocenters. The zero-order valence-electron chi connectivity index (χ0n) is 11.4. The number of aryl methyl sites for hydroxylation is 2. The van der Waals surface area contributed by atoms with Gasteiger partial charge in [-0.15, -0.1) is 22.9 Å². The third-order valence-corrected chi connectivity index (χ3v) is 5.11. The van der Waals surface area contributed by atoms with Gasteiger partial charge in [-0.25, -0.2) is 0 Å². The largest absolute Gasteiger partial charge is 0.497 e. The van der Waals surface area contributed by atoms with Crippen LogP contribution in [0.4, 0.5) is 0 Å². The van der Waals surface area contributed by atoms with Crippen LogP contribution in [0, 0.1) is 0 Å². The van der Waals surface area contributed by atoms with Crippen LogP contribution in [-0.4, -0.2) is 7.11 Å². The highest BCUT2D eigenvalue weighted by Gasteiger charge is 2.10. The normalized spacial score (nSPS) is 12.4. The predicted molar refractivity (Wildman–Crippen MR) is 83.6 cm³/mol. The van der Waals surface area contributed by atoms with E-state index in [4.69, 9.17) is 16.3 Å². The quantitative estimate of drug-likeness (QED) is 0.663. The van der Waals surface area contributed by atoms with E-state index >= 15 is 0 Å². The first-order valence-corrected chi connectivity index (χ1v) is 7.83. The lowest BCUT2D eigenvalue weighted by Crippen LogP contribution is -1.92. The molecule has 0 saturated carbocycles. The first-order valence-electron chi connectivity index (χ1n) is 6.58. The smallest absolute Gasteiger partial charge is 0.118 e. The molecule has 1 nitrogen and oxygen atoms in total. The van der Waals surface area contributed by atoms with Crippen molar-refractivity contribution in [2.24, 2.45) is 0 Å². The molecule has 0 amide bonds. The van der Waals surface area contributed by atoms with E-state index in [0.29, 0.717) is 0 Å². The van der Waals surface area contributed by atoms with Crippen molar-refractivity contribution in [3.63, 3.8) is 0 Å². The van der Waals surface area contributed by atoms with Gasteiger partial charge in [-0.2, -0.15) is 0 Å². The van der Waals surface area contributed by atoms with Crippen molar-refractivity contribution in [2.45, 2.75) is 31.6 Å². The summed E-state index contributed by atoms with van der Waals surface area (Å²) in [4.78, 5) is 2.69. The third-order valence-electron chi connectivity index (χ3n) is 3.19. The minimum Gasteiger partial charge on any atom is -0.497 e. The zero-order chi connectivity index (χ0) is 13.7. The monoisotopic (exact) mass is 294 g/mol. The number of alkyl halides is 1. The van der Waals surface area contributed by atoms with Crippen molar-refractivity contribution in [3.8, 4) is 5.75 Å². The molecule has 0 aliphatic heterocycles. The van der Waals surface area contributed by atoms with Crippen LogP contribution in [0.2, 0.25) is 0 Å². The zero-order valence-corrected chi connectivity index (χ0v) is 12.9. The van der Waals surface area contributed by atoms with Crippen LogP contribution in [0.15, 0.2) is 36.4 Å². The number of thiophene rings is 1. The Kier molecular flexibility index (Phi) is 5.29. The molecule has 0 radical (unpaired) electrons. The van der Waals surface area contributed by atoms with E-state index < -0.39 is 0 Å². The van der Waals surface area contributed by atoms with Crippen molar-refractivity contribution >= 4 is 22.9 Å². The average Bonchev–Trinajstić information content (AvgIpc) is 2.94. The van der Waals surface area contributed by atoms with Crippen molar-refractivity contribution in [1.82, 2.24) is 0 Å². The molecule has 0 aliphatic rings. The molecule has 19 heavy (non-hydrogen) atoms. The topological polar surface area (TPSA) is 9.23 Å². The molecule has 2 aromatic rings. The van der Waals surface area contributed by atoms with Crippen molar-refractivity contribution in [1.29, 1.82) is 0 Å².